The Balaban J connectivity index is 1.72. The number of nitrogens with zero attached hydrogens (tertiary/aromatic N) is 2. The molecule has 0 unspecified atom stereocenters. The lowest BCUT2D eigenvalue weighted by Gasteiger charge is -2.38. The van der Waals surface area contributed by atoms with Crippen LogP contribution in [0.1, 0.15) is 19.8 Å². The first-order valence-corrected chi connectivity index (χ1v) is 7.02. The maximum absolute atomic E-state index is 8.81. The van der Waals surface area contributed by atoms with Crippen molar-refractivity contribution in [3.63, 3.8) is 0 Å². The van der Waals surface area contributed by atoms with E-state index in [0.717, 1.165) is 38.2 Å². The van der Waals surface area contributed by atoms with Crippen LogP contribution >= 0.6 is 0 Å². The molecule has 20 heavy (non-hydrogen) atoms. The van der Waals surface area contributed by atoms with E-state index in [9.17, 15) is 0 Å². The van der Waals surface area contributed by atoms with Crippen molar-refractivity contribution in [1.29, 1.82) is 0 Å². The predicted molar refractivity (Wildman–Crippen MR) is 79.1 cm³/mol. The fourth-order valence-corrected chi connectivity index (χ4v) is 2.46. The molecule has 0 spiro atoms. The predicted octanol–water partition coefficient (Wildman–Crippen LogP) is 1.91. The minimum absolute atomic E-state index is 0.175. The molecule has 1 aliphatic heterocycles. The highest BCUT2D eigenvalue weighted by molar-refractivity contribution is 5.85. The molecule has 0 saturated carbocycles. The number of oxime groups is 1. The Morgan fingerprint density at radius 1 is 1.35 bits per heavy atom. The van der Waals surface area contributed by atoms with Gasteiger partial charge < -0.3 is 15.7 Å². The fourth-order valence-electron chi connectivity index (χ4n) is 2.46. The average Bonchev–Trinajstić information content (AvgIpc) is 2.49. The Morgan fingerprint density at radius 3 is 2.60 bits per heavy atom. The number of para-hydroxylation sites is 1. The van der Waals surface area contributed by atoms with Crippen LogP contribution in [0.15, 0.2) is 35.5 Å². The van der Waals surface area contributed by atoms with Crippen LogP contribution in [-0.2, 0) is 0 Å². The zero-order chi connectivity index (χ0) is 14.4. The summed E-state index contributed by atoms with van der Waals surface area (Å²) >= 11 is 0. The number of piperidine rings is 1. The number of amidine groups is 1. The van der Waals surface area contributed by atoms with Crippen LogP contribution in [0.25, 0.3) is 0 Å². The number of nitrogens with two attached hydrogens (primary N) is 1. The molecule has 1 aromatic rings. The Morgan fingerprint density at radius 2 is 2.00 bits per heavy atom. The van der Waals surface area contributed by atoms with Crippen LogP contribution in [0, 0.1) is 5.41 Å². The summed E-state index contributed by atoms with van der Waals surface area (Å²) in [5.74, 6) is 1.25. The maximum Gasteiger partial charge on any atom is 0.145 e. The van der Waals surface area contributed by atoms with Crippen LogP contribution in [0.2, 0.25) is 0 Å². The molecule has 3 N–H and O–H groups in total. The van der Waals surface area contributed by atoms with Gasteiger partial charge in [-0.3, -0.25) is 4.90 Å². The molecule has 5 heteroatoms. The van der Waals surface area contributed by atoms with Gasteiger partial charge in [-0.2, -0.15) is 0 Å². The number of rotatable bonds is 5. The maximum atomic E-state index is 8.81. The third-order valence-electron chi connectivity index (χ3n) is 4.11. The van der Waals surface area contributed by atoms with E-state index >= 15 is 0 Å². The van der Waals surface area contributed by atoms with Crippen molar-refractivity contribution >= 4 is 5.84 Å². The number of ether oxygens (including phenoxy) is 1. The van der Waals surface area contributed by atoms with Crippen LogP contribution < -0.4 is 10.5 Å². The molecular weight excluding hydrogens is 254 g/mol. The quantitative estimate of drug-likeness (QED) is 0.373. The smallest absolute Gasteiger partial charge is 0.145 e. The summed E-state index contributed by atoms with van der Waals surface area (Å²) < 4.78 is 5.70. The Labute approximate surface area is 120 Å². The second kappa shape index (κ2) is 6.61. The van der Waals surface area contributed by atoms with Gasteiger partial charge in [-0.25, -0.2) is 0 Å². The normalized spacial score (nSPS) is 19.8. The molecule has 5 nitrogen and oxygen atoms in total. The molecule has 0 aliphatic carbocycles. The zero-order valence-electron chi connectivity index (χ0n) is 12.0. The lowest BCUT2D eigenvalue weighted by Crippen LogP contribution is -2.46. The van der Waals surface area contributed by atoms with Crippen molar-refractivity contribution < 1.29 is 9.94 Å². The first kappa shape index (κ1) is 14.7. The molecular formula is C15H23N3O2. The monoisotopic (exact) mass is 277 g/mol. The van der Waals surface area contributed by atoms with Crippen LogP contribution in [-0.4, -0.2) is 42.2 Å². The number of hydrogen-bond donors (Lipinski definition) is 2. The van der Waals surface area contributed by atoms with Crippen molar-refractivity contribution in [2.45, 2.75) is 19.8 Å². The zero-order valence-corrected chi connectivity index (χ0v) is 12.0. The summed E-state index contributed by atoms with van der Waals surface area (Å²) in [5, 5.41) is 12.0. The molecule has 1 saturated heterocycles. The molecule has 0 atom stereocenters. The second-order valence-corrected chi connectivity index (χ2v) is 5.55. The van der Waals surface area contributed by atoms with E-state index in [4.69, 9.17) is 15.7 Å². The van der Waals surface area contributed by atoms with Crippen LogP contribution in [0.3, 0.4) is 0 Å². The first-order valence-electron chi connectivity index (χ1n) is 7.02. The minimum Gasteiger partial charge on any atom is -0.492 e. The average molecular weight is 277 g/mol. The van der Waals surface area contributed by atoms with Crippen molar-refractivity contribution in [1.82, 2.24) is 4.90 Å². The summed E-state index contributed by atoms with van der Waals surface area (Å²) in [6.07, 6.45) is 1.82. The largest absolute Gasteiger partial charge is 0.492 e. The molecule has 0 radical (unpaired) electrons. The van der Waals surface area contributed by atoms with Gasteiger partial charge in [-0.05, 0) is 38.1 Å². The van der Waals surface area contributed by atoms with E-state index in [0.29, 0.717) is 12.4 Å². The van der Waals surface area contributed by atoms with E-state index in [1.165, 1.54) is 0 Å². The van der Waals surface area contributed by atoms with Gasteiger partial charge in [-0.1, -0.05) is 30.3 Å². The van der Waals surface area contributed by atoms with Gasteiger partial charge in [0.05, 0.1) is 0 Å². The van der Waals surface area contributed by atoms with E-state index in [1.54, 1.807) is 0 Å². The molecule has 0 aromatic heterocycles. The Bertz CT molecular complexity index is 440. The van der Waals surface area contributed by atoms with Gasteiger partial charge in [0.2, 0.25) is 0 Å². The highest BCUT2D eigenvalue weighted by atomic mass is 16.5. The second-order valence-electron chi connectivity index (χ2n) is 5.55. The highest BCUT2D eigenvalue weighted by Crippen LogP contribution is 2.30. The standard InChI is InChI=1S/C15H23N3O2/c1-15(14(16)17-19)7-9-18(10-8-15)11-12-20-13-5-3-2-4-6-13/h2-6,19H,7-12H2,1H3,(H2,16,17). The summed E-state index contributed by atoms with van der Waals surface area (Å²) in [6.45, 7) is 5.54. The highest BCUT2D eigenvalue weighted by Gasteiger charge is 2.33. The van der Waals surface area contributed by atoms with Gasteiger partial charge in [-0.15, -0.1) is 0 Å². The topological polar surface area (TPSA) is 71.1 Å². The summed E-state index contributed by atoms with van der Waals surface area (Å²) in [5.41, 5.74) is 5.59. The minimum atomic E-state index is -0.175. The molecule has 0 amide bonds. The fraction of sp³-hybridized carbons (Fsp3) is 0.533. The molecule has 1 aromatic carbocycles. The Kier molecular flexibility index (Phi) is 4.84. The molecule has 0 bridgehead atoms. The summed E-state index contributed by atoms with van der Waals surface area (Å²) in [4.78, 5) is 2.36. The van der Waals surface area contributed by atoms with E-state index in [-0.39, 0.29) is 5.41 Å². The van der Waals surface area contributed by atoms with Gasteiger partial charge in [0, 0.05) is 12.0 Å². The number of likely N-dealkylation sites (tertiary alicyclic amines) is 1. The van der Waals surface area contributed by atoms with Crippen molar-refractivity contribution in [3.05, 3.63) is 30.3 Å². The first-order chi connectivity index (χ1) is 9.64. The number of hydrogen-bond acceptors (Lipinski definition) is 4. The third-order valence-corrected chi connectivity index (χ3v) is 4.11. The summed E-state index contributed by atoms with van der Waals surface area (Å²) in [7, 11) is 0. The molecule has 1 aliphatic rings. The van der Waals surface area contributed by atoms with Crippen LogP contribution in [0.5, 0.6) is 5.75 Å². The van der Waals surface area contributed by atoms with Crippen molar-refractivity contribution in [2.75, 3.05) is 26.2 Å². The Hall–Kier alpha value is -1.75. The van der Waals surface area contributed by atoms with Crippen molar-refractivity contribution in [3.8, 4) is 5.75 Å². The van der Waals surface area contributed by atoms with Gasteiger partial charge in [0.15, 0.2) is 0 Å². The molecule has 1 fully saturated rings. The summed E-state index contributed by atoms with van der Waals surface area (Å²) in [6, 6.07) is 9.85. The lowest BCUT2D eigenvalue weighted by molar-refractivity contribution is 0.137. The van der Waals surface area contributed by atoms with Crippen LogP contribution in [0.4, 0.5) is 0 Å². The third kappa shape index (κ3) is 3.63. The van der Waals surface area contributed by atoms with Gasteiger partial charge in [0.25, 0.3) is 0 Å². The molecule has 110 valence electrons. The van der Waals surface area contributed by atoms with E-state index in [2.05, 4.69) is 17.0 Å². The molecule has 1 heterocycles. The molecule has 2 rings (SSSR count). The SMILES string of the molecule is CC1(/C(N)=N/O)CCN(CCOc2ccccc2)CC1. The van der Waals surface area contributed by atoms with Gasteiger partial charge >= 0.3 is 0 Å². The van der Waals surface area contributed by atoms with E-state index in [1.807, 2.05) is 30.3 Å². The number of benzene rings is 1. The van der Waals surface area contributed by atoms with Gasteiger partial charge in [0.1, 0.15) is 18.2 Å². The lowest BCUT2D eigenvalue weighted by atomic mass is 9.79. The van der Waals surface area contributed by atoms with E-state index < -0.39 is 0 Å². The van der Waals surface area contributed by atoms with Crippen molar-refractivity contribution in [2.24, 2.45) is 16.3 Å².